The fraction of sp³-hybridized carbons (Fsp3) is 0.357. The number of halogens is 1. The van der Waals surface area contributed by atoms with Crippen molar-refractivity contribution in [3.05, 3.63) is 71.2 Å². The van der Waals surface area contributed by atoms with Crippen molar-refractivity contribution in [3.63, 3.8) is 0 Å². The van der Waals surface area contributed by atoms with Gasteiger partial charge < -0.3 is 10.2 Å². The summed E-state index contributed by atoms with van der Waals surface area (Å²) >= 11 is 6.38. The number of benzene rings is 3. The minimum absolute atomic E-state index is 0.0662. The fourth-order valence-electron chi connectivity index (χ4n) is 4.83. The molecule has 1 unspecified atom stereocenters. The first kappa shape index (κ1) is 26.9. The number of carbonyl (C=O) groups is 2. The molecule has 0 saturated heterocycles. The molecule has 196 valence electrons. The summed E-state index contributed by atoms with van der Waals surface area (Å²) in [6.07, 6.45) is 0.838. The predicted octanol–water partition coefficient (Wildman–Crippen LogP) is 5.11. The van der Waals surface area contributed by atoms with E-state index in [4.69, 9.17) is 11.6 Å². The van der Waals surface area contributed by atoms with Crippen molar-refractivity contribution in [2.24, 2.45) is 0 Å². The number of amides is 2. The molecule has 1 aliphatic heterocycles. The van der Waals surface area contributed by atoms with Crippen LogP contribution in [0.25, 0.3) is 10.8 Å². The number of carbonyl (C=O) groups excluding carboxylic acids is 2. The Bertz CT molecular complexity index is 1420. The van der Waals surface area contributed by atoms with Crippen molar-refractivity contribution in [2.75, 3.05) is 10.8 Å². The molecule has 1 aliphatic rings. The van der Waals surface area contributed by atoms with E-state index in [9.17, 15) is 18.0 Å². The Morgan fingerprint density at radius 2 is 1.73 bits per heavy atom. The first-order valence-corrected chi connectivity index (χ1v) is 14.3. The lowest BCUT2D eigenvalue weighted by atomic mass is 10.1. The summed E-state index contributed by atoms with van der Waals surface area (Å²) in [4.78, 5) is 28.4. The van der Waals surface area contributed by atoms with Gasteiger partial charge in [0.25, 0.3) is 10.0 Å². The predicted molar refractivity (Wildman–Crippen MR) is 147 cm³/mol. The molecule has 0 spiro atoms. The van der Waals surface area contributed by atoms with Gasteiger partial charge in [0.2, 0.25) is 11.8 Å². The highest BCUT2D eigenvalue weighted by Gasteiger charge is 2.35. The molecule has 0 bridgehead atoms. The van der Waals surface area contributed by atoms with E-state index in [1.807, 2.05) is 57.2 Å². The van der Waals surface area contributed by atoms with E-state index in [0.29, 0.717) is 33.8 Å². The van der Waals surface area contributed by atoms with Crippen molar-refractivity contribution in [3.8, 4) is 0 Å². The van der Waals surface area contributed by atoms with Gasteiger partial charge in [0.15, 0.2) is 0 Å². The van der Waals surface area contributed by atoms with Crippen LogP contribution in [0.2, 0.25) is 5.02 Å². The quantitative estimate of drug-likeness (QED) is 0.386. The number of nitrogens with one attached hydrogen (secondary N) is 1. The van der Waals surface area contributed by atoms with Gasteiger partial charge in [0.1, 0.15) is 6.04 Å². The van der Waals surface area contributed by atoms with Crippen molar-refractivity contribution in [1.82, 2.24) is 10.2 Å². The van der Waals surface area contributed by atoms with Gasteiger partial charge in [-0.15, -0.1) is 0 Å². The van der Waals surface area contributed by atoms with Crippen LogP contribution in [0.5, 0.6) is 0 Å². The first-order chi connectivity index (χ1) is 17.6. The Hall–Kier alpha value is -3.10. The molecule has 0 fully saturated rings. The van der Waals surface area contributed by atoms with Gasteiger partial charge in [-0.25, -0.2) is 8.42 Å². The van der Waals surface area contributed by atoms with Crippen molar-refractivity contribution in [1.29, 1.82) is 0 Å². The van der Waals surface area contributed by atoms with E-state index in [1.165, 1.54) is 4.31 Å². The van der Waals surface area contributed by atoms with E-state index in [1.54, 1.807) is 29.2 Å². The maximum Gasteiger partial charge on any atom is 0.265 e. The number of hydrogen-bond acceptors (Lipinski definition) is 4. The molecule has 1 heterocycles. The zero-order chi connectivity index (χ0) is 26.7. The molecule has 3 aromatic carbocycles. The maximum atomic E-state index is 13.5. The van der Waals surface area contributed by atoms with Gasteiger partial charge >= 0.3 is 0 Å². The number of rotatable bonds is 10. The molecule has 4 rings (SSSR count). The highest BCUT2D eigenvalue weighted by molar-refractivity contribution is 7.93. The van der Waals surface area contributed by atoms with E-state index < -0.39 is 16.1 Å². The summed E-state index contributed by atoms with van der Waals surface area (Å²) in [5.41, 5.74) is 1.38. The molecule has 0 aliphatic carbocycles. The molecule has 0 aromatic heterocycles. The number of nitrogens with zero attached hydrogens (tertiary/aromatic N) is 2. The molecule has 0 saturated carbocycles. The summed E-state index contributed by atoms with van der Waals surface area (Å²) < 4.78 is 27.9. The van der Waals surface area contributed by atoms with Crippen LogP contribution in [0.15, 0.2) is 65.6 Å². The fourth-order valence-corrected chi connectivity index (χ4v) is 6.77. The molecule has 3 aromatic rings. The molecule has 7 nitrogen and oxygen atoms in total. The van der Waals surface area contributed by atoms with Crippen LogP contribution in [0.3, 0.4) is 0 Å². The van der Waals surface area contributed by atoms with Gasteiger partial charge in [0, 0.05) is 36.0 Å². The zero-order valence-electron chi connectivity index (χ0n) is 21.3. The highest BCUT2D eigenvalue weighted by Crippen LogP contribution is 2.42. The third kappa shape index (κ3) is 5.45. The van der Waals surface area contributed by atoms with E-state index >= 15 is 0 Å². The molecular formula is C28H32ClN3O4S. The zero-order valence-corrected chi connectivity index (χ0v) is 22.8. The average molecular weight is 542 g/mol. The summed E-state index contributed by atoms with van der Waals surface area (Å²) in [5.74, 6) is -0.444. The molecule has 9 heteroatoms. The SMILES string of the molecule is CCC(C(=O)NC(C)C)N(Cc1ccccc1Cl)C(=O)CCCN1c2cccc3cccc(c23)S1(=O)=O. The molecule has 1 atom stereocenters. The smallest absolute Gasteiger partial charge is 0.265 e. The van der Waals surface area contributed by atoms with Crippen LogP contribution >= 0.6 is 11.6 Å². The first-order valence-electron chi connectivity index (χ1n) is 12.5. The van der Waals surface area contributed by atoms with E-state index in [0.717, 1.165) is 10.9 Å². The lowest BCUT2D eigenvalue weighted by Gasteiger charge is -2.31. The number of sulfonamides is 1. The molecule has 1 N–H and O–H groups in total. The van der Waals surface area contributed by atoms with Gasteiger partial charge in [-0.05, 0) is 55.8 Å². The van der Waals surface area contributed by atoms with Crippen molar-refractivity contribution in [2.45, 2.75) is 63.6 Å². The molecule has 37 heavy (non-hydrogen) atoms. The van der Waals surface area contributed by atoms with Crippen LogP contribution in [0.1, 0.15) is 45.6 Å². The van der Waals surface area contributed by atoms with E-state index in [2.05, 4.69) is 5.32 Å². The average Bonchev–Trinajstić information content (AvgIpc) is 3.07. The van der Waals surface area contributed by atoms with Crippen molar-refractivity contribution >= 4 is 49.9 Å². The lowest BCUT2D eigenvalue weighted by molar-refractivity contribution is -0.141. The molecule has 2 amide bonds. The van der Waals surface area contributed by atoms with Gasteiger partial charge in [0.05, 0.1) is 10.6 Å². The Labute approximate surface area is 223 Å². The second-order valence-electron chi connectivity index (χ2n) is 9.51. The maximum absolute atomic E-state index is 13.5. The summed E-state index contributed by atoms with van der Waals surface area (Å²) in [6, 6.07) is 17.3. The number of hydrogen-bond donors (Lipinski definition) is 1. The van der Waals surface area contributed by atoms with Gasteiger partial charge in [-0.3, -0.25) is 13.9 Å². The van der Waals surface area contributed by atoms with Crippen LogP contribution < -0.4 is 9.62 Å². The normalized spacial score (nSPS) is 14.7. The van der Waals surface area contributed by atoms with Crippen LogP contribution in [-0.2, 0) is 26.2 Å². The Balaban J connectivity index is 1.53. The minimum atomic E-state index is -3.69. The standard InChI is InChI=1S/C28H32ClN3O4S/c1-4-23(28(34)30-19(2)3)31(18-21-10-5-6-13-22(21)29)26(33)16-9-17-32-24-14-7-11-20-12-8-15-25(27(20)24)37(32,35)36/h5-8,10-15,19,23H,4,9,16-18H2,1-3H3,(H,30,34). The Morgan fingerprint density at radius 3 is 2.41 bits per heavy atom. The third-order valence-electron chi connectivity index (χ3n) is 6.55. The summed E-state index contributed by atoms with van der Waals surface area (Å²) in [6.45, 7) is 5.97. The third-order valence-corrected chi connectivity index (χ3v) is 8.77. The van der Waals surface area contributed by atoms with E-state index in [-0.39, 0.29) is 37.4 Å². The Kier molecular flexibility index (Phi) is 8.09. The summed E-state index contributed by atoms with van der Waals surface area (Å²) in [7, 11) is -3.69. The van der Waals surface area contributed by atoms with Crippen LogP contribution in [0, 0.1) is 0 Å². The molecular weight excluding hydrogens is 510 g/mol. The summed E-state index contributed by atoms with van der Waals surface area (Å²) in [5, 5.41) is 5.01. The lowest BCUT2D eigenvalue weighted by Crippen LogP contribution is -2.50. The van der Waals surface area contributed by atoms with Crippen LogP contribution in [0.4, 0.5) is 5.69 Å². The largest absolute Gasteiger partial charge is 0.352 e. The Morgan fingerprint density at radius 1 is 1.03 bits per heavy atom. The second kappa shape index (κ2) is 11.1. The topological polar surface area (TPSA) is 86.8 Å². The van der Waals surface area contributed by atoms with Gasteiger partial charge in [-0.2, -0.15) is 0 Å². The monoisotopic (exact) mass is 541 g/mol. The van der Waals surface area contributed by atoms with Crippen LogP contribution in [-0.4, -0.2) is 43.8 Å². The minimum Gasteiger partial charge on any atom is -0.352 e. The molecule has 0 radical (unpaired) electrons. The second-order valence-corrected chi connectivity index (χ2v) is 11.8. The highest BCUT2D eigenvalue weighted by atomic mass is 35.5. The number of anilines is 1. The van der Waals surface area contributed by atoms with Crippen molar-refractivity contribution < 1.29 is 18.0 Å². The van der Waals surface area contributed by atoms with Gasteiger partial charge in [-0.1, -0.05) is 61.0 Å².